The Hall–Kier alpha value is -1.51. The number of rotatable bonds is 61. The third-order valence-corrected chi connectivity index (χ3v) is 16.1. The highest BCUT2D eigenvalue weighted by molar-refractivity contribution is 7.45. The van der Waals surface area contributed by atoms with Crippen LogP contribution in [-0.4, -0.2) is 69.4 Å². The Bertz CT molecular complexity index is 1350. The lowest BCUT2D eigenvalue weighted by molar-refractivity contribution is -0.870. The van der Waals surface area contributed by atoms with E-state index in [1.807, 2.05) is 33.3 Å². The number of phosphoric ester groups is 1. The number of phosphoric acid groups is 1. The van der Waals surface area contributed by atoms with E-state index in [2.05, 4.69) is 38.2 Å². The van der Waals surface area contributed by atoms with Gasteiger partial charge in [-0.05, 0) is 57.4 Å². The molecular weight excluding hydrogens is 964 g/mol. The molecule has 3 atom stereocenters. The number of esters is 1. The van der Waals surface area contributed by atoms with E-state index in [-0.39, 0.29) is 31.5 Å². The quantitative estimate of drug-likeness (QED) is 0.0212. The van der Waals surface area contributed by atoms with E-state index in [0.717, 1.165) is 70.6 Å². The van der Waals surface area contributed by atoms with E-state index in [1.54, 1.807) is 0 Å². The number of quaternary nitrogens is 1. The van der Waals surface area contributed by atoms with Crippen LogP contribution in [0.3, 0.4) is 0 Å². The lowest BCUT2D eigenvalue weighted by Crippen LogP contribution is -2.47. The second-order valence-electron chi connectivity index (χ2n) is 24.0. The molecule has 0 bridgehead atoms. The van der Waals surface area contributed by atoms with E-state index in [1.165, 1.54) is 231 Å². The topological polar surface area (TPSA) is 114 Å². The Labute approximate surface area is 473 Å². The number of nitrogens with one attached hydrogen (secondary N) is 1. The minimum absolute atomic E-state index is 0.0192. The minimum atomic E-state index is -4.69. The maximum Gasteiger partial charge on any atom is 0.306 e. The van der Waals surface area contributed by atoms with Crippen molar-refractivity contribution in [2.75, 3.05) is 40.9 Å². The molecule has 0 fully saturated rings. The van der Waals surface area contributed by atoms with Gasteiger partial charge in [0, 0.05) is 12.8 Å². The number of amides is 1. The van der Waals surface area contributed by atoms with Gasteiger partial charge in [0.25, 0.3) is 7.82 Å². The summed E-state index contributed by atoms with van der Waals surface area (Å²) in [5.41, 5.74) is 0. The molecule has 0 aliphatic heterocycles. The molecule has 76 heavy (non-hydrogen) atoms. The van der Waals surface area contributed by atoms with E-state index >= 15 is 0 Å². The molecule has 0 saturated carbocycles. The van der Waals surface area contributed by atoms with Crippen LogP contribution in [0.2, 0.25) is 0 Å². The molecule has 1 N–H and O–H groups in total. The predicted molar refractivity (Wildman–Crippen MR) is 326 cm³/mol. The van der Waals surface area contributed by atoms with Crippen LogP contribution in [0.5, 0.6) is 0 Å². The summed E-state index contributed by atoms with van der Waals surface area (Å²) >= 11 is 0. The van der Waals surface area contributed by atoms with E-state index in [0.29, 0.717) is 17.4 Å². The van der Waals surface area contributed by atoms with Gasteiger partial charge in [0.15, 0.2) is 0 Å². The van der Waals surface area contributed by atoms with E-state index in [4.69, 9.17) is 13.8 Å². The molecule has 0 radical (unpaired) electrons. The zero-order valence-corrected chi connectivity index (χ0v) is 52.4. The standard InChI is InChI=1S/C66H129N2O7P/c1-7-10-13-16-19-22-25-28-30-31-32-33-34-35-36-37-39-40-43-46-49-52-55-58-65(69)67-63(62-74-76(71,72)73-61-60-68(4,5)6)64(57-54-51-48-45-42-27-24-21-18-15-12-9-3)75-66(70)59-56-53-50-47-44-41-38-29-26-23-20-17-14-11-8-2/h23,26,54,57,63-64H,7-22,24-25,27-53,55-56,58-62H2,1-6H3,(H-,67,69,71,72)/b26-23-,57-54-. The van der Waals surface area contributed by atoms with Gasteiger partial charge in [-0.2, -0.15) is 0 Å². The van der Waals surface area contributed by atoms with Crippen LogP contribution in [0.25, 0.3) is 0 Å². The third-order valence-electron chi connectivity index (χ3n) is 15.1. The maximum absolute atomic E-state index is 13.6. The van der Waals surface area contributed by atoms with Crippen LogP contribution in [-0.2, 0) is 27.9 Å². The number of unbranched alkanes of at least 4 members (excludes halogenated alkanes) is 43. The van der Waals surface area contributed by atoms with Gasteiger partial charge in [-0.25, -0.2) is 0 Å². The first-order valence-corrected chi connectivity index (χ1v) is 34.6. The fourth-order valence-electron chi connectivity index (χ4n) is 9.99. The van der Waals surface area contributed by atoms with Crippen LogP contribution in [0.1, 0.15) is 335 Å². The van der Waals surface area contributed by atoms with Crippen molar-refractivity contribution in [3.05, 3.63) is 24.3 Å². The first-order chi connectivity index (χ1) is 36.9. The highest BCUT2D eigenvalue weighted by Crippen LogP contribution is 2.38. The van der Waals surface area contributed by atoms with Crippen molar-refractivity contribution in [1.82, 2.24) is 5.32 Å². The zero-order chi connectivity index (χ0) is 55.7. The molecular formula is C66H129N2O7P. The molecule has 0 aromatic rings. The summed E-state index contributed by atoms with van der Waals surface area (Å²) in [5, 5.41) is 3.04. The molecule has 3 unspecified atom stereocenters. The number of carbonyl (C=O) groups is 2. The second kappa shape index (κ2) is 56.8. The maximum atomic E-state index is 13.6. The summed E-state index contributed by atoms with van der Waals surface area (Å²) in [6, 6.07) is -0.884. The van der Waals surface area contributed by atoms with Gasteiger partial charge in [-0.3, -0.25) is 14.2 Å². The summed E-state index contributed by atoms with van der Waals surface area (Å²) in [6.45, 7) is 6.88. The van der Waals surface area contributed by atoms with Gasteiger partial charge >= 0.3 is 5.97 Å². The molecule has 10 heteroatoms. The highest BCUT2D eigenvalue weighted by atomic mass is 31.2. The molecule has 0 aromatic carbocycles. The van der Waals surface area contributed by atoms with Gasteiger partial charge in [0.05, 0.1) is 33.8 Å². The van der Waals surface area contributed by atoms with Gasteiger partial charge < -0.3 is 28.5 Å². The van der Waals surface area contributed by atoms with Crippen LogP contribution in [0, 0.1) is 0 Å². The Balaban J connectivity index is 5.09. The number of nitrogens with zero attached hydrogens (tertiary/aromatic N) is 1. The number of ether oxygens (including phenoxy) is 1. The second-order valence-corrected chi connectivity index (χ2v) is 25.4. The molecule has 0 heterocycles. The van der Waals surface area contributed by atoms with Crippen LogP contribution < -0.4 is 10.2 Å². The van der Waals surface area contributed by atoms with E-state index < -0.39 is 20.0 Å². The lowest BCUT2D eigenvalue weighted by Gasteiger charge is -2.30. The Kier molecular flexibility index (Phi) is 55.6. The average Bonchev–Trinajstić information content (AvgIpc) is 3.38. The van der Waals surface area contributed by atoms with Crippen LogP contribution in [0.15, 0.2) is 24.3 Å². The summed E-state index contributed by atoms with van der Waals surface area (Å²) in [5.74, 6) is -0.528. The fourth-order valence-corrected chi connectivity index (χ4v) is 10.7. The van der Waals surface area contributed by atoms with Gasteiger partial charge in [0.2, 0.25) is 5.91 Å². The van der Waals surface area contributed by atoms with Crippen molar-refractivity contribution in [3.63, 3.8) is 0 Å². The normalized spacial score (nSPS) is 13.7. The minimum Gasteiger partial charge on any atom is -0.756 e. The molecule has 0 rings (SSSR count). The number of carbonyl (C=O) groups excluding carboxylic acids is 2. The lowest BCUT2D eigenvalue weighted by atomic mass is 10.0. The number of hydrogen-bond donors (Lipinski definition) is 1. The molecule has 0 aliphatic rings. The number of likely N-dealkylation sites (N-methyl/N-ethyl adjacent to an activating group) is 1. The molecule has 0 aromatic heterocycles. The Morgan fingerprint density at radius 1 is 0.447 bits per heavy atom. The van der Waals surface area contributed by atoms with E-state index in [9.17, 15) is 19.0 Å². The Morgan fingerprint density at radius 3 is 1.13 bits per heavy atom. The molecule has 1 amide bonds. The summed E-state index contributed by atoms with van der Waals surface area (Å²) in [6.07, 6.45) is 67.2. The smallest absolute Gasteiger partial charge is 0.306 e. The molecule has 0 aliphatic carbocycles. The number of hydrogen-bond acceptors (Lipinski definition) is 7. The average molecular weight is 1090 g/mol. The fraction of sp³-hybridized carbons (Fsp3) is 0.909. The zero-order valence-electron chi connectivity index (χ0n) is 51.5. The Morgan fingerprint density at radius 2 is 0.763 bits per heavy atom. The highest BCUT2D eigenvalue weighted by Gasteiger charge is 2.27. The SMILES string of the molecule is CCCCCC/C=C\CCCCCCCCCC(=O)OC(/C=C\CCCCCCCCCCCC)C(COP(=O)([O-])OCC[N+](C)(C)C)NC(=O)CCCCCCCCCCCCCCCCCCCCCCCCC. The monoisotopic (exact) mass is 1090 g/mol. The first-order valence-electron chi connectivity index (χ1n) is 33.1. The van der Waals surface area contributed by atoms with Gasteiger partial charge in [-0.1, -0.05) is 289 Å². The van der Waals surface area contributed by atoms with Crippen molar-refractivity contribution in [3.8, 4) is 0 Å². The summed E-state index contributed by atoms with van der Waals surface area (Å²) < 4.78 is 30.4. The third kappa shape index (κ3) is 57.2. The molecule has 0 saturated heterocycles. The van der Waals surface area contributed by atoms with Gasteiger partial charge in [-0.15, -0.1) is 0 Å². The first kappa shape index (κ1) is 74.5. The summed E-state index contributed by atoms with van der Waals surface area (Å²) in [7, 11) is 1.20. The van der Waals surface area contributed by atoms with Crippen molar-refractivity contribution >= 4 is 19.7 Å². The van der Waals surface area contributed by atoms with Crippen LogP contribution >= 0.6 is 7.82 Å². The van der Waals surface area contributed by atoms with Crippen molar-refractivity contribution in [1.29, 1.82) is 0 Å². The molecule has 9 nitrogen and oxygen atoms in total. The van der Waals surface area contributed by atoms with Crippen molar-refractivity contribution in [2.45, 2.75) is 348 Å². The van der Waals surface area contributed by atoms with Gasteiger partial charge in [0.1, 0.15) is 19.3 Å². The molecule has 0 spiro atoms. The summed E-state index contributed by atoms with van der Waals surface area (Å²) in [4.78, 5) is 40.0. The molecule has 450 valence electrons. The number of allylic oxidation sites excluding steroid dienone is 3. The largest absolute Gasteiger partial charge is 0.756 e. The predicted octanol–water partition coefficient (Wildman–Crippen LogP) is 19.9. The van der Waals surface area contributed by atoms with Crippen molar-refractivity contribution < 1.29 is 37.3 Å². The van der Waals surface area contributed by atoms with Crippen LogP contribution in [0.4, 0.5) is 0 Å². The van der Waals surface area contributed by atoms with Crippen molar-refractivity contribution in [2.24, 2.45) is 0 Å².